The number of rotatable bonds is 5. The topological polar surface area (TPSA) is 113 Å². The third-order valence-electron chi connectivity index (χ3n) is 4.77. The fourth-order valence-corrected chi connectivity index (χ4v) is 3.42. The van der Waals surface area contributed by atoms with E-state index in [1.54, 1.807) is 6.20 Å². The molecular weight excluding hydrogens is 352 g/mol. The Kier molecular flexibility index (Phi) is 4.65. The average Bonchev–Trinajstić information content (AvgIpc) is 2.69. The molecule has 4 aromatic rings. The number of hydrogen-bond acceptors (Lipinski definition) is 7. The van der Waals surface area contributed by atoms with Crippen LogP contribution in [0.15, 0.2) is 42.6 Å². The molecular formula is C21H22N6O. The van der Waals surface area contributed by atoms with Crippen LogP contribution in [0.2, 0.25) is 0 Å². The van der Waals surface area contributed by atoms with Gasteiger partial charge in [0.05, 0.1) is 12.0 Å². The minimum Gasteiger partial charge on any atom is -0.494 e. The molecule has 2 aromatic heterocycles. The zero-order chi connectivity index (χ0) is 19.7. The summed E-state index contributed by atoms with van der Waals surface area (Å²) in [6.07, 6.45) is 2.40. The lowest BCUT2D eigenvalue weighted by Crippen LogP contribution is -2.09. The maximum atomic E-state index is 5.89. The van der Waals surface area contributed by atoms with Gasteiger partial charge in [0.1, 0.15) is 17.4 Å². The summed E-state index contributed by atoms with van der Waals surface area (Å²) in [5.41, 5.74) is 13.2. The van der Waals surface area contributed by atoms with Gasteiger partial charge in [0.25, 0.3) is 0 Å². The second-order valence-corrected chi connectivity index (χ2v) is 6.73. The lowest BCUT2D eigenvalue weighted by molar-refractivity contribution is 0.336. The standard InChI is InChI=1S/C21H22N6O/c1-3-28-17-9-8-13-6-4-5-7-14(13)15(17)10-12(2)19-24-11-16-18(22)25-21(23)27-20(16)26-19/h4-9,11-12H,3,10H2,1-2H3,(H4,22,23,24,25,26,27). The smallest absolute Gasteiger partial charge is 0.224 e. The largest absolute Gasteiger partial charge is 0.494 e. The van der Waals surface area contributed by atoms with E-state index in [9.17, 15) is 0 Å². The summed E-state index contributed by atoms with van der Waals surface area (Å²) in [6.45, 7) is 4.69. The molecule has 0 saturated carbocycles. The van der Waals surface area contributed by atoms with E-state index in [1.165, 1.54) is 10.8 Å². The summed E-state index contributed by atoms with van der Waals surface area (Å²) in [5, 5.41) is 2.96. The summed E-state index contributed by atoms with van der Waals surface area (Å²) in [5.74, 6) is 2.02. The first-order valence-corrected chi connectivity index (χ1v) is 9.26. The molecule has 142 valence electrons. The Hall–Kier alpha value is -3.48. The van der Waals surface area contributed by atoms with E-state index in [2.05, 4.69) is 45.1 Å². The summed E-state index contributed by atoms with van der Waals surface area (Å²) < 4.78 is 5.89. The third kappa shape index (κ3) is 3.26. The van der Waals surface area contributed by atoms with E-state index in [-0.39, 0.29) is 17.7 Å². The first kappa shape index (κ1) is 17.9. The van der Waals surface area contributed by atoms with Crippen molar-refractivity contribution in [1.29, 1.82) is 0 Å². The minimum atomic E-state index is 0.0480. The highest BCUT2D eigenvalue weighted by Crippen LogP contribution is 2.32. The highest BCUT2D eigenvalue weighted by Gasteiger charge is 2.17. The normalized spacial score (nSPS) is 12.4. The maximum Gasteiger partial charge on any atom is 0.224 e. The zero-order valence-corrected chi connectivity index (χ0v) is 15.9. The van der Waals surface area contributed by atoms with Gasteiger partial charge in [0.15, 0.2) is 5.65 Å². The second-order valence-electron chi connectivity index (χ2n) is 6.73. The van der Waals surface area contributed by atoms with Crippen LogP contribution in [0.25, 0.3) is 21.8 Å². The molecule has 0 saturated heterocycles. The second kappa shape index (κ2) is 7.26. The molecule has 0 amide bonds. The number of nitrogen functional groups attached to an aromatic ring is 2. The predicted molar refractivity (Wildman–Crippen MR) is 111 cm³/mol. The number of nitrogens with zero attached hydrogens (tertiary/aromatic N) is 4. The van der Waals surface area contributed by atoms with Gasteiger partial charge >= 0.3 is 0 Å². The van der Waals surface area contributed by atoms with Crippen LogP contribution in [0, 0.1) is 0 Å². The monoisotopic (exact) mass is 374 g/mol. The number of aromatic nitrogens is 4. The van der Waals surface area contributed by atoms with Gasteiger partial charge in [-0.25, -0.2) is 9.97 Å². The number of anilines is 2. The zero-order valence-electron chi connectivity index (χ0n) is 15.9. The molecule has 1 atom stereocenters. The molecule has 0 aliphatic rings. The Morgan fingerprint density at radius 3 is 2.64 bits per heavy atom. The van der Waals surface area contributed by atoms with E-state index in [0.29, 0.717) is 23.5 Å². The molecule has 7 heteroatoms. The lowest BCUT2D eigenvalue weighted by atomic mass is 9.94. The fourth-order valence-electron chi connectivity index (χ4n) is 3.42. The Morgan fingerprint density at radius 2 is 1.82 bits per heavy atom. The molecule has 2 heterocycles. The number of fused-ring (bicyclic) bond motifs is 2. The first-order valence-electron chi connectivity index (χ1n) is 9.26. The number of nitrogens with two attached hydrogens (primary N) is 2. The minimum absolute atomic E-state index is 0.0480. The van der Waals surface area contributed by atoms with Crippen molar-refractivity contribution in [1.82, 2.24) is 19.9 Å². The molecule has 0 spiro atoms. The maximum absolute atomic E-state index is 5.89. The molecule has 0 bridgehead atoms. The van der Waals surface area contributed by atoms with Crippen molar-refractivity contribution >= 4 is 33.6 Å². The molecule has 28 heavy (non-hydrogen) atoms. The molecule has 7 nitrogen and oxygen atoms in total. The van der Waals surface area contributed by atoms with Crippen LogP contribution in [-0.2, 0) is 6.42 Å². The molecule has 4 N–H and O–H groups in total. The van der Waals surface area contributed by atoms with Crippen molar-refractivity contribution in [3.05, 3.63) is 54.0 Å². The van der Waals surface area contributed by atoms with Crippen LogP contribution in [-0.4, -0.2) is 26.5 Å². The molecule has 4 rings (SSSR count). The Balaban J connectivity index is 1.75. The van der Waals surface area contributed by atoms with Crippen LogP contribution in [0.3, 0.4) is 0 Å². The molecule has 2 aromatic carbocycles. The van der Waals surface area contributed by atoms with Crippen LogP contribution >= 0.6 is 0 Å². The van der Waals surface area contributed by atoms with Crippen molar-refractivity contribution in [2.24, 2.45) is 0 Å². The molecule has 1 unspecified atom stereocenters. The van der Waals surface area contributed by atoms with Gasteiger partial charge < -0.3 is 16.2 Å². The van der Waals surface area contributed by atoms with Gasteiger partial charge in [0, 0.05) is 17.7 Å². The van der Waals surface area contributed by atoms with Crippen molar-refractivity contribution in [2.45, 2.75) is 26.2 Å². The number of hydrogen-bond donors (Lipinski definition) is 2. The number of benzene rings is 2. The lowest BCUT2D eigenvalue weighted by Gasteiger charge is -2.17. The molecule has 0 fully saturated rings. The summed E-state index contributed by atoms with van der Waals surface area (Å²) in [6, 6.07) is 12.4. The SMILES string of the molecule is CCOc1ccc2ccccc2c1CC(C)c1ncc2c(N)nc(N)nc2n1. The Bertz CT molecular complexity index is 1160. The average molecular weight is 374 g/mol. The van der Waals surface area contributed by atoms with Gasteiger partial charge in [-0.15, -0.1) is 0 Å². The quantitative estimate of drug-likeness (QED) is 0.550. The van der Waals surface area contributed by atoms with E-state index < -0.39 is 0 Å². The third-order valence-corrected chi connectivity index (χ3v) is 4.77. The molecule has 0 radical (unpaired) electrons. The van der Waals surface area contributed by atoms with Crippen LogP contribution < -0.4 is 16.2 Å². The highest BCUT2D eigenvalue weighted by molar-refractivity contribution is 5.88. The van der Waals surface area contributed by atoms with Crippen molar-refractivity contribution in [3.8, 4) is 5.75 Å². The highest BCUT2D eigenvalue weighted by atomic mass is 16.5. The van der Waals surface area contributed by atoms with E-state index >= 15 is 0 Å². The van der Waals surface area contributed by atoms with E-state index in [0.717, 1.165) is 17.7 Å². The number of ether oxygens (including phenoxy) is 1. The van der Waals surface area contributed by atoms with Crippen LogP contribution in [0.1, 0.15) is 31.2 Å². The van der Waals surface area contributed by atoms with Gasteiger partial charge in [0.2, 0.25) is 5.95 Å². The van der Waals surface area contributed by atoms with E-state index in [1.807, 2.05) is 25.1 Å². The molecule has 0 aliphatic heterocycles. The Labute approximate surface area is 162 Å². The van der Waals surface area contributed by atoms with Gasteiger partial charge in [-0.05, 0) is 30.2 Å². The summed E-state index contributed by atoms with van der Waals surface area (Å²) in [7, 11) is 0. The van der Waals surface area contributed by atoms with Crippen molar-refractivity contribution in [3.63, 3.8) is 0 Å². The first-order chi connectivity index (χ1) is 13.6. The van der Waals surface area contributed by atoms with Gasteiger partial charge in [-0.1, -0.05) is 37.3 Å². The van der Waals surface area contributed by atoms with Crippen LogP contribution in [0.4, 0.5) is 11.8 Å². The van der Waals surface area contributed by atoms with Crippen LogP contribution in [0.5, 0.6) is 5.75 Å². The fraction of sp³-hybridized carbons (Fsp3) is 0.238. The predicted octanol–water partition coefficient (Wildman–Crippen LogP) is 3.48. The van der Waals surface area contributed by atoms with Crippen molar-refractivity contribution in [2.75, 3.05) is 18.1 Å². The summed E-state index contributed by atoms with van der Waals surface area (Å²) >= 11 is 0. The van der Waals surface area contributed by atoms with Gasteiger partial charge in [-0.2, -0.15) is 9.97 Å². The molecule has 0 aliphatic carbocycles. The summed E-state index contributed by atoms with van der Waals surface area (Å²) in [4.78, 5) is 17.2. The van der Waals surface area contributed by atoms with E-state index in [4.69, 9.17) is 16.2 Å². The Morgan fingerprint density at radius 1 is 1.00 bits per heavy atom. The van der Waals surface area contributed by atoms with Gasteiger partial charge in [-0.3, -0.25) is 0 Å². The van der Waals surface area contributed by atoms with Crippen molar-refractivity contribution < 1.29 is 4.74 Å².